The average Bonchev–Trinajstić information content (AvgIpc) is 3.09. The topological polar surface area (TPSA) is 94.8 Å². The minimum absolute atomic E-state index is 0.0696. The van der Waals surface area contributed by atoms with Crippen LogP contribution in [0.2, 0.25) is 0 Å². The maximum atomic E-state index is 13.8. The fourth-order valence-electron chi connectivity index (χ4n) is 2.28. The van der Waals surface area contributed by atoms with Crippen molar-refractivity contribution < 1.29 is 13.9 Å². The molecule has 0 fully saturated rings. The SMILES string of the molecule is CCCn1nnnc1COC(=O)c1cccnc1Nc1ccccc1F. The second-order valence-electron chi connectivity index (χ2n) is 5.40. The molecule has 0 saturated carbocycles. The number of anilines is 2. The van der Waals surface area contributed by atoms with Crippen LogP contribution in [0.25, 0.3) is 0 Å². The molecule has 0 spiro atoms. The molecule has 8 nitrogen and oxygen atoms in total. The van der Waals surface area contributed by atoms with Crippen molar-refractivity contribution in [3.63, 3.8) is 0 Å². The number of halogens is 1. The predicted octanol–water partition coefficient (Wildman–Crippen LogP) is 2.72. The molecule has 0 atom stereocenters. The summed E-state index contributed by atoms with van der Waals surface area (Å²) in [5.41, 5.74) is 0.400. The van der Waals surface area contributed by atoms with Gasteiger partial charge < -0.3 is 10.1 Å². The van der Waals surface area contributed by atoms with Crippen LogP contribution >= 0.6 is 0 Å². The molecule has 9 heteroatoms. The van der Waals surface area contributed by atoms with Gasteiger partial charge in [-0.05, 0) is 41.1 Å². The molecule has 2 aromatic heterocycles. The maximum absolute atomic E-state index is 13.8. The third kappa shape index (κ3) is 4.00. The molecule has 134 valence electrons. The van der Waals surface area contributed by atoms with Crippen molar-refractivity contribution in [1.29, 1.82) is 0 Å². The predicted molar refractivity (Wildman–Crippen MR) is 91.1 cm³/mol. The summed E-state index contributed by atoms with van der Waals surface area (Å²) in [5, 5.41) is 14.1. The molecule has 3 aromatic rings. The number of nitrogens with one attached hydrogen (secondary N) is 1. The van der Waals surface area contributed by atoms with Crippen molar-refractivity contribution in [3.8, 4) is 0 Å². The lowest BCUT2D eigenvalue weighted by Crippen LogP contribution is -2.13. The van der Waals surface area contributed by atoms with Gasteiger partial charge in [0, 0.05) is 12.7 Å². The van der Waals surface area contributed by atoms with E-state index in [1.807, 2.05) is 6.92 Å². The van der Waals surface area contributed by atoms with E-state index >= 15 is 0 Å². The Bertz CT molecular complexity index is 898. The minimum Gasteiger partial charge on any atom is -0.454 e. The van der Waals surface area contributed by atoms with Crippen LogP contribution in [0.1, 0.15) is 29.5 Å². The van der Waals surface area contributed by atoms with Gasteiger partial charge in [0.2, 0.25) is 0 Å². The van der Waals surface area contributed by atoms with Crippen LogP contribution in [0.4, 0.5) is 15.9 Å². The van der Waals surface area contributed by atoms with Crippen LogP contribution in [0.3, 0.4) is 0 Å². The van der Waals surface area contributed by atoms with E-state index in [9.17, 15) is 9.18 Å². The van der Waals surface area contributed by atoms with Gasteiger partial charge in [0.1, 0.15) is 17.2 Å². The summed E-state index contributed by atoms with van der Waals surface area (Å²) in [7, 11) is 0. The van der Waals surface area contributed by atoms with E-state index in [1.54, 1.807) is 35.0 Å². The van der Waals surface area contributed by atoms with E-state index in [0.29, 0.717) is 12.4 Å². The number of esters is 1. The number of ether oxygens (including phenoxy) is 1. The molecule has 0 aliphatic carbocycles. The summed E-state index contributed by atoms with van der Waals surface area (Å²) in [6.45, 7) is 2.56. The second kappa shape index (κ2) is 8.15. The molecule has 26 heavy (non-hydrogen) atoms. The molecule has 3 rings (SSSR count). The van der Waals surface area contributed by atoms with Gasteiger partial charge in [0.25, 0.3) is 0 Å². The van der Waals surface area contributed by atoms with Gasteiger partial charge >= 0.3 is 5.97 Å². The number of para-hydroxylation sites is 1. The fraction of sp³-hybridized carbons (Fsp3) is 0.235. The molecule has 0 bridgehead atoms. The first kappa shape index (κ1) is 17.5. The van der Waals surface area contributed by atoms with E-state index in [-0.39, 0.29) is 23.7 Å². The Morgan fingerprint density at radius 2 is 2.12 bits per heavy atom. The van der Waals surface area contributed by atoms with Crippen LogP contribution in [-0.4, -0.2) is 31.2 Å². The molecule has 0 saturated heterocycles. The molecule has 0 radical (unpaired) electrons. The zero-order chi connectivity index (χ0) is 18.4. The molecule has 1 N–H and O–H groups in total. The number of hydrogen-bond donors (Lipinski definition) is 1. The molecule has 0 amide bonds. The molecule has 0 aliphatic heterocycles. The lowest BCUT2D eigenvalue weighted by Gasteiger charge is -2.11. The number of rotatable bonds is 7. The highest BCUT2D eigenvalue weighted by Crippen LogP contribution is 2.21. The molecule has 1 aromatic carbocycles. The average molecular weight is 356 g/mol. The van der Waals surface area contributed by atoms with E-state index in [1.165, 1.54) is 12.3 Å². The molecule has 2 heterocycles. The van der Waals surface area contributed by atoms with Gasteiger partial charge in [0.05, 0.1) is 5.69 Å². The van der Waals surface area contributed by atoms with Gasteiger partial charge in [-0.3, -0.25) is 0 Å². The number of carbonyl (C=O) groups is 1. The number of benzene rings is 1. The Labute approximate surface area is 149 Å². The first-order valence-corrected chi connectivity index (χ1v) is 8.07. The Morgan fingerprint density at radius 3 is 2.92 bits per heavy atom. The summed E-state index contributed by atoms with van der Waals surface area (Å²) in [6, 6.07) is 9.28. The molecular formula is C17H17FN6O2. The highest BCUT2D eigenvalue weighted by Gasteiger charge is 2.16. The number of aromatic nitrogens is 5. The summed E-state index contributed by atoms with van der Waals surface area (Å²) in [6.07, 6.45) is 2.35. The maximum Gasteiger partial charge on any atom is 0.342 e. The summed E-state index contributed by atoms with van der Waals surface area (Å²) in [5.74, 6) is -0.400. The van der Waals surface area contributed by atoms with Gasteiger partial charge in [-0.25, -0.2) is 18.9 Å². The Balaban J connectivity index is 1.73. The van der Waals surface area contributed by atoms with Crippen molar-refractivity contribution in [1.82, 2.24) is 25.2 Å². The lowest BCUT2D eigenvalue weighted by molar-refractivity contribution is 0.0457. The zero-order valence-electron chi connectivity index (χ0n) is 14.1. The van der Waals surface area contributed by atoms with Gasteiger partial charge in [-0.2, -0.15) is 0 Å². The molecule has 0 aliphatic rings. The summed E-state index contributed by atoms with van der Waals surface area (Å²) >= 11 is 0. The quantitative estimate of drug-likeness (QED) is 0.650. The van der Waals surface area contributed by atoms with Crippen molar-refractivity contribution in [3.05, 3.63) is 59.8 Å². The number of pyridine rings is 1. The largest absolute Gasteiger partial charge is 0.454 e. The number of hydrogen-bond acceptors (Lipinski definition) is 7. The number of nitrogens with zero attached hydrogens (tertiary/aromatic N) is 5. The monoisotopic (exact) mass is 356 g/mol. The van der Waals surface area contributed by atoms with E-state index in [2.05, 4.69) is 25.8 Å². The van der Waals surface area contributed by atoms with E-state index in [0.717, 1.165) is 6.42 Å². The Morgan fingerprint density at radius 1 is 1.27 bits per heavy atom. The van der Waals surface area contributed by atoms with Crippen LogP contribution in [0, 0.1) is 5.82 Å². The Hall–Kier alpha value is -3.36. The molecular weight excluding hydrogens is 339 g/mol. The smallest absolute Gasteiger partial charge is 0.342 e. The van der Waals surface area contributed by atoms with Gasteiger partial charge in [0.15, 0.2) is 12.4 Å². The van der Waals surface area contributed by atoms with Crippen LogP contribution in [0.15, 0.2) is 42.6 Å². The van der Waals surface area contributed by atoms with Crippen LogP contribution in [0.5, 0.6) is 0 Å². The van der Waals surface area contributed by atoms with E-state index < -0.39 is 11.8 Å². The second-order valence-corrected chi connectivity index (χ2v) is 5.40. The Kier molecular flexibility index (Phi) is 5.47. The van der Waals surface area contributed by atoms with Crippen molar-refractivity contribution in [2.24, 2.45) is 0 Å². The lowest BCUT2D eigenvalue weighted by atomic mass is 10.2. The highest BCUT2D eigenvalue weighted by atomic mass is 19.1. The van der Waals surface area contributed by atoms with Crippen LogP contribution < -0.4 is 5.32 Å². The minimum atomic E-state index is -0.608. The summed E-state index contributed by atoms with van der Waals surface area (Å²) in [4.78, 5) is 16.5. The first-order valence-electron chi connectivity index (χ1n) is 8.07. The highest BCUT2D eigenvalue weighted by molar-refractivity contribution is 5.95. The normalized spacial score (nSPS) is 10.5. The van der Waals surface area contributed by atoms with Crippen molar-refractivity contribution in [2.45, 2.75) is 26.5 Å². The first-order chi connectivity index (χ1) is 12.7. The van der Waals surface area contributed by atoms with Gasteiger partial charge in [-0.15, -0.1) is 5.10 Å². The zero-order valence-corrected chi connectivity index (χ0v) is 14.1. The third-order valence-corrected chi connectivity index (χ3v) is 3.53. The summed E-state index contributed by atoms with van der Waals surface area (Å²) < 4.78 is 20.7. The van der Waals surface area contributed by atoms with Crippen molar-refractivity contribution in [2.75, 3.05) is 5.32 Å². The number of tetrazole rings is 1. The van der Waals surface area contributed by atoms with E-state index in [4.69, 9.17) is 4.74 Å². The van der Waals surface area contributed by atoms with Crippen LogP contribution in [-0.2, 0) is 17.9 Å². The third-order valence-electron chi connectivity index (χ3n) is 3.53. The van der Waals surface area contributed by atoms with Gasteiger partial charge in [-0.1, -0.05) is 19.1 Å². The van der Waals surface area contributed by atoms with Crippen molar-refractivity contribution >= 4 is 17.5 Å². The number of carbonyl (C=O) groups excluding carboxylic acids is 1. The number of aryl methyl sites for hydroxylation is 1. The standard InChI is InChI=1S/C17H17FN6O2/c1-2-10-24-15(21-22-23-24)11-26-17(25)12-6-5-9-19-16(12)20-14-8-4-3-7-13(14)18/h3-9H,2,10-11H2,1H3,(H,19,20). The molecule has 0 unspecified atom stereocenters. The fourth-order valence-corrected chi connectivity index (χ4v) is 2.28.